The molecule has 0 bridgehead atoms. The monoisotopic (exact) mass is 154 g/mol. The van der Waals surface area contributed by atoms with Gasteiger partial charge >= 0.3 is 0 Å². The van der Waals surface area contributed by atoms with Crippen molar-refractivity contribution in [2.45, 2.75) is 31.8 Å². The fraction of sp³-hybridized carbons (Fsp3) is 0.667. The number of ether oxygens (including phenoxy) is 1. The van der Waals surface area contributed by atoms with E-state index in [0.717, 1.165) is 12.8 Å². The minimum Gasteiger partial charge on any atom is -0.377 e. The Morgan fingerprint density at radius 3 is 3.18 bits per heavy atom. The maximum atomic E-state index is 11.1. The van der Waals surface area contributed by atoms with Crippen LogP contribution in [-0.4, -0.2) is 19.0 Å². The van der Waals surface area contributed by atoms with Gasteiger partial charge < -0.3 is 4.74 Å². The topological polar surface area (TPSA) is 26.3 Å². The number of hydrogen-bond donors (Lipinski definition) is 0. The number of rotatable bonds is 1. The molecule has 0 aromatic rings. The van der Waals surface area contributed by atoms with E-state index in [1.165, 1.54) is 0 Å². The zero-order valence-electron chi connectivity index (χ0n) is 6.88. The lowest BCUT2D eigenvalue weighted by molar-refractivity contribution is -0.120. The molecule has 0 spiro atoms. The van der Waals surface area contributed by atoms with E-state index in [-0.39, 0.29) is 6.10 Å². The molecule has 0 amide bonds. The molecular weight excluding hydrogens is 140 g/mol. The Morgan fingerprint density at radius 1 is 1.64 bits per heavy atom. The molecule has 0 N–H and O–H groups in total. The Kier molecular flexibility index (Phi) is 3.30. The molecule has 0 saturated heterocycles. The van der Waals surface area contributed by atoms with Crippen LogP contribution >= 0.6 is 0 Å². The SMILES string of the molecule is COC1/C=C\CCCC(=O)C1. The summed E-state index contributed by atoms with van der Waals surface area (Å²) in [5, 5.41) is 0. The lowest BCUT2D eigenvalue weighted by Crippen LogP contribution is -2.14. The second-order valence-corrected chi connectivity index (χ2v) is 2.84. The van der Waals surface area contributed by atoms with E-state index >= 15 is 0 Å². The number of Topliss-reactive ketones (excluding diaryl/α,β-unsaturated/α-hetero) is 1. The Hall–Kier alpha value is -0.630. The predicted molar refractivity (Wildman–Crippen MR) is 43.4 cm³/mol. The van der Waals surface area contributed by atoms with Gasteiger partial charge in [0, 0.05) is 20.0 Å². The second-order valence-electron chi connectivity index (χ2n) is 2.84. The molecular formula is C9H14O2. The van der Waals surface area contributed by atoms with Crippen molar-refractivity contribution in [3.05, 3.63) is 12.2 Å². The van der Waals surface area contributed by atoms with Gasteiger partial charge in [0.2, 0.25) is 0 Å². The molecule has 1 rings (SSSR count). The maximum absolute atomic E-state index is 11.1. The average Bonchev–Trinajstić information content (AvgIpc) is 1.96. The van der Waals surface area contributed by atoms with Crippen LogP contribution in [0, 0.1) is 0 Å². The number of carbonyl (C=O) groups excluding carboxylic acids is 1. The van der Waals surface area contributed by atoms with Crippen molar-refractivity contribution in [2.24, 2.45) is 0 Å². The van der Waals surface area contributed by atoms with Crippen LogP contribution in [0.1, 0.15) is 25.7 Å². The maximum Gasteiger partial charge on any atom is 0.135 e. The van der Waals surface area contributed by atoms with Crippen molar-refractivity contribution < 1.29 is 9.53 Å². The third-order valence-corrected chi connectivity index (χ3v) is 1.91. The fourth-order valence-corrected chi connectivity index (χ4v) is 1.22. The lowest BCUT2D eigenvalue weighted by atomic mass is 10.0. The smallest absolute Gasteiger partial charge is 0.135 e. The number of methoxy groups -OCH3 is 1. The third-order valence-electron chi connectivity index (χ3n) is 1.91. The number of hydrogen-bond acceptors (Lipinski definition) is 2. The van der Waals surface area contributed by atoms with E-state index in [2.05, 4.69) is 6.08 Å². The molecule has 1 aliphatic carbocycles. The van der Waals surface area contributed by atoms with Gasteiger partial charge in [0.1, 0.15) is 5.78 Å². The molecule has 2 nitrogen and oxygen atoms in total. The number of ketones is 1. The Labute approximate surface area is 67.2 Å². The van der Waals surface area contributed by atoms with E-state index in [9.17, 15) is 4.79 Å². The summed E-state index contributed by atoms with van der Waals surface area (Å²) in [6.45, 7) is 0. The Balaban J connectivity index is 2.50. The Bertz CT molecular complexity index is 161. The summed E-state index contributed by atoms with van der Waals surface area (Å²) in [7, 11) is 1.64. The largest absolute Gasteiger partial charge is 0.377 e. The van der Waals surface area contributed by atoms with Crippen molar-refractivity contribution >= 4 is 5.78 Å². The first kappa shape index (κ1) is 8.47. The van der Waals surface area contributed by atoms with E-state index in [0.29, 0.717) is 18.6 Å². The third kappa shape index (κ3) is 2.85. The quantitative estimate of drug-likeness (QED) is 0.537. The zero-order chi connectivity index (χ0) is 8.10. The Morgan fingerprint density at radius 2 is 2.45 bits per heavy atom. The van der Waals surface area contributed by atoms with Gasteiger partial charge in [0.25, 0.3) is 0 Å². The normalized spacial score (nSPS) is 29.2. The summed E-state index contributed by atoms with van der Waals surface area (Å²) < 4.78 is 5.09. The molecule has 62 valence electrons. The van der Waals surface area contributed by atoms with Gasteiger partial charge in [-0.2, -0.15) is 0 Å². The summed E-state index contributed by atoms with van der Waals surface area (Å²) in [5.41, 5.74) is 0. The zero-order valence-corrected chi connectivity index (χ0v) is 6.88. The first-order valence-electron chi connectivity index (χ1n) is 4.04. The molecule has 11 heavy (non-hydrogen) atoms. The van der Waals surface area contributed by atoms with Gasteiger partial charge in [-0.25, -0.2) is 0 Å². The van der Waals surface area contributed by atoms with Crippen molar-refractivity contribution in [3.63, 3.8) is 0 Å². The van der Waals surface area contributed by atoms with Crippen LogP contribution < -0.4 is 0 Å². The van der Waals surface area contributed by atoms with Gasteiger partial charge in [-0.3, -0.25) is 4.79 Å². The van der Waals surface area contributed by atoms with Crippen LogP contribution in [-0.2, 0) is 9.53 Å². The van der Waals surface area contributed by atoms with Crippen LogP contribution in [0.2, 0.25) is 0 Å². The molecule has 0 aromatic carbocycles. The minimum absolute atomic E-state index is 0.0165. The highest BCUT2D eigenvalue weighted by Crippen LogP contribution is 2.10. The minimum atomic E-state index is 0.0165. The number of allylic oxidation sites excluding steroid dienone is 1. The summed E-state index contributed by atoms with van der Waals surface area (Å²) in [5.74, 6) is 0.321. The van der Waals surface area contributed by atoms with Crippen molar-refractivity contribution in [3.8, 4) is 0 Å². The van der Waals surface area contributed by atoms with E-state index < -0.39 is 0 Å². The van der Waals surface area contributed by atoms with Crippen molar-refractivity contribution in [2.75, 3.05) is 7.11 Å². The highest BCUT2D eigenvalue weighted by Gasteiger charge is 2.11. The van der Waals surface area contributed by atoms with Gasteiger partial charge in [-0.15, -0.1) is 0 Å². The molecule has 1 aliphatic rings. The fourth-order valence-electron chi connectivity index (χ4n) is 1.22. The highest BCUT2D eigenvalue weighted by molar-refractivity contribution is 5.79. The second kappa shape index (κ2) is 4.29. The summed E-state index contributed by atoms with van der Waals surface area (Å²) in [4.78, 5) is 11.1. The van der Waals surface area contributed by atoms with Crippen LogP contribution in [0.25, 0.3) is 0 Å². The highest BCUT2D eigenvalue weighted by atomic mass is 16.5. The van der Waals surface area contributed by atoms with E-state index in [1.54, 1.807) is 7.11 Å². The summed E-state index contributed by atoms with van der Waals surface area (Å²) >= 11 is 0. The predicted octanol–water partition coefficient (Wildman–Crippen LogP) is 1.70. The van der Waals surface area contributed by atoms with Crippen LogP contribution in [0.15, 0.2) is 12.2 Å². The molecule has 0 aromatic heterocycles. The molecule has 1 atom stereocenters. The molecule has 2 heteroatoms. The van der Waals surface area contributed by atoms with E-state index in [1.807, 2.05) is 6.08 Å². The molecule has 0 heterocycles. The standard InChI is InChI=1S/C9H14O2/c1-11-9-6-4-2-3-5-8(10)7-9/h4,6,9H,2-3,5,7H2,1H3/b6-4-. The van der Waals surface area contributed by atoms with Crippen LogP contribution in [0.4, 0.5) is 0 Å². The van der Waals surface area contributed by atoms with Crippen molar-refractivity contribution in [1.29, 1.82) is 0 Å². The van der Waals surface area contributed by atoms with Crippen LogP contribution in [0.3, 0.4) is 0 Å². The summed E-state index contributed by atoms with van der Waals surface area (Å²) in [6.07, 6.45) is 7.36. The summed E-state index contributed by atoms with van der Waals surface area (Å²) in [6, 6.07) is 0. The van der Waals surface area contributed by atoms with E-state index in [4.69, 9.17) is 4.74 Å². The molecule has 1 unspecified atom stereocenters. The first-order valence-corrected chi connectivity index (χ1v) is 4.04. The molecule has 0 fully saturated rings. The van der Waals surface area contributed by atoms with Gasteiger partial charge in [-0.05, 0) is 12.8 Å². The molecule has 0 saturated carbocycles. The van der Waals surface area contributed by atoms with Crippen molar-refractivity contribution in [1.82, 2.24) is 0 Å². The van der Waals surface area contributed by atoms with Gasteiger partial charge in [-0.1, -0.05) is 12.2 Å². The first-order chi connectivity index (χ1) is 5.33. The number of carbonyl (C=O) groups is 1. The molecule has 0 radical (unpaired) electrons. The average molecular weight is 154 g/mol. The van der Waals surface area contributed by atoms with Gasteiger partial charge in [0.15, 0.2) is 0 Å². The molecule has 0 aliphatic heterocycles. The van der Waals surface area contributed by atoms with Crippen LogP contribution in [0.5, 0.6) is 0 Å². The van der Waals surface area contributed by atoms with Gasteiger partial charge in [0.05, 0.1) is 6.10 Å². The lowest BCUT2D eigenvalue weighted by Gasteiger charge is -2.11.